The first-order valence-corrected chi connectivity index (χ1v) is 7.22. The number of hydrogen-bond donors (Lipinski definition) is 2. The van der Waals surface area contributed by atoms with E-state index < -0.39 is 0 Å². The summed E-state index contributed by atoms with van der Waals surface area (Å²) < 4.78 is 0. The molecule has 2 aromatic rings. The van der Waals surface area contributed by atoms with Crippen molar-refractivity contribution < 1.29 is 0 Å². The molecular formula is C19H18N2. The quantitative estimate of drug-likeness (QED) is 0.775. The molecule has 0 bridgehead atoms. The van der Waals surface area contributed by atoms with Gasteiger partial charge in [0.25, 0.3) is 0 Å². The van der Waals surface area contributed by atoms with Crippen molar-refractivity contribution in [2.45, 2.75) is 12.8 Å². The molecule has 21 heavy (non-hydrogen) atoms. The minimum atomic E-state index is 0.541. The third-order valence-corrected chi connectivity index (χ3v) is 3.53. The van der Waals surface area contributed by atoms with Crippen LogP contribution in [-0.4, -0.2) is 5.71 Å². The van der Waals surface area contributed by atoms with Gasteiger partial charge in [-0.15, -0.1) is 0 Å². The summed E-state index contributed by atoms with van der Waals surface area (Å²) in [6.45, 7) is 0. The largest absolute Gasteiger partial charge is 0.355 e. The summed E-state index contributed by atoms with van der Waals surface area (Å²) in [5, 5.41) is 11.9. The molecule has 0 heterocycles. The van der Waals surface area contributed by atoms with Crippen LogP contribution in [0.3, 0.4) is 0 Å². The second-order valence-electron chi connectivity index (χ2n) is 5.05. The molecule has 2 heteroatoms. The van der Waals surface area contributed by atoms with E-state index >= 15 is 0 Å². The maximum atomic E-state index is 8.45. The van der Waals surface area contributed by atoms with Crippen LogP contribution in [0.15, 0.2) is 78.5 Å². The van der Waals surface area contributed by atoms with Gasteiger partial charge >= 0.3 is 0 Å². The molecule has 1 aliphatic carbocycles. The van der Waals surface area contributed by atoms with Crippen LogP contribution in [0.25, 0.3) is 0 Å². The van der Waals surface area contributed by atoms with Crippen LogP contribution < -0.4 is 5.32 Å². The highest BCUT2D eigenvalue weighted by atomic mass is 14.9. The minimum Gasteiger partial charge on any atom is -0.355 e. The van der Waals surface area contributed by atoms with Gasteiger partial charge in [-0.2, -0.15) is 0 Å². The smallest absolute Gasteiger partial charge is 0.0705 e. The molecule has 0 aliphatic heterocycles. The Morgan fingerprint density at radius 2 is 1.67 bits per heavy atom. The van der Waals surface area contributed by atoms with E-state index in [1.54, 1.807) is 0 Å². The Labute approximate surface area is 125 Å². The van der Waals surface area contributed by atoms with Crippen LogP contribution >= 0.6 is 0 Å². The maximum Gasteiger partial charge on any atom is 0.0705 e. The Hall–Kier alpha value is -2.61. The zero-order valence-electron chi connectivity index (χ0n) is 11.8. The fourth-order valence-electron chi connectivity index (χ4n) is 2.43. The zero-order chi connectivity index (χ0) is 14.5. The Morgan fingerprint density at radius 3 is 2.43 bits per heavy atom. The molecule has 2 aromatic carbocycles. The SMILES string of the molecule is N=C(c1ccccc1)c1ccccc1NC1=CCCC=C1. The Bertz CT molecular complexity index is 697. The molecule has 0 unspecified atom stereocenters. The van der Waals surface area contributed by atoms with Crippen molar-refractivity contribution in [1.29, 1.82) is 5.41 Å². The Kier molecular flexibility index (Phi) is 3.97. The number of allylic oxidation sites excluding steroid dienone is 3. The molecule has 0 saturated carbocycles. The second-order valence-corrected chi connectivity index (χ2v) is 5.05. The van der Waals surface area contributed by atoms with Gasteiger partial charge in [-0.1, -0.05) is 60.7 Å². The number of rotatable bonds is 4. The first-order valence-electron chi connectivity index (χ1n) is 7.22. The average molecular weight is 274 g/mol. The maximum absolute atomic E-state index is 8.45. The molecule has 3 rings (SSSR count). The molecule has 0 fully saturated rings. The van der Waals surface area contributed by atoms with Crippen LogP contribution in [-0.2, 0) is 0 Å². The Balaban J connectivity index is 1.91. The van der Waals surface area contributed by atoms with Gasteiger partial charge < -0.3 is 5.32 Å². The third-order valence-electron chi connectivity index (χ3n) is 3.53. The lowest BCUT2D eigenvalue weighted by atomic mass is 10.0. The molecule has 1 aliphatic rings. The van der Waals surface area contributed by atoms with Gasteiger partial charge in [-0.05, 0) is 25.0 Å². The predicted octanol–water partition coefficient (Wildman–Crippen LogP) is 4.75. The van der Waals surface area contributed by atoms with E-state index in [2.05, 4.69) is 23.5 Å². The van der Waals surface area contributed by atoms with Crippen molar-refractivity contribution in [3.8, 4) is 0 Å². The van der Waals surface area contributed by atoms with E-state index in [0.29, 0.717) is 5.71 Å². The van der Waals surface area contributed by atoms with Crippen molar-refractivity contribution in [3.05, 3.63) is 89.6 Å². The fraction of sp³-hybridized carbons (Fsp3) is 0.105. The van der Waals surface area contributed by atoms with Crippen LogP contribution in [0.4, 0.5) is 5.69 Å². The second kappa shape index (κ2) is 6.23. The monoisotopic (exact) mass is 274 g/mol. The normalized spacial score (nSPS) is 13.6. The zero-order valence-corrected chi connectivity index (χ0v) is 11.8. The topological polar surface area (TPSA) is 35.9 Å². The van der Waals surface area contributed by atoms with Gasteiger partial charge in [0.1, 0.15) is 0 Å². The lowest BCUT2D eigenvalue weighted by molar-refractivity contribution is 1.02. The van der Waals surface area contributed by atoms with Crippen LogP contribution in [0.2, 0.25) is 0 Å². The number of anilines is 1. The molecule has 104 valence electrons. The van der Waals surface area contributed by atoms with Crippen molar-refractivity contribution >= 4 is 11.4 Å². The Morgan fingerprint density at radius 1 is 0.905 bits per heavy atom. The minimum absolute atomic E-state index is 0.541. The van der Waals surface area contributed by atoms with Crippen molar-refractivity contribution in [2.24, 2.45) is 0 Å². The van der Waals surface area contributed by atoms with Gasteiger partial charge in [-0.25, -0.2) is 0 Å². The number of benzene rings is 2. The van der Waals surface area contributed by atoms with Gasteiger partial charge in [0.2, 0.25) is 0 Å². The van der Waals surface area contributed by atoms with E-state index in [1.807, 2.05) is 54.6 Å². The summed E-state index contributed by atoms with van der Waals surface area (Å²) in [5.74, 6) is 0. The van der Waals surface area contributed by atoms with Gasteiger partial charge in [0, 0.05) is 22.5 Å². The number of hydrogen-bond acceptors (Lipinski definition) is 2. The predicted molar refractivity (Wildman–Crippen MR) is 88.9 cm³/mol. The van der Waals surface area contributed by atoms with Crippen LogP contribution in [0.1, 0.15) is 24.0 Å². The molecule has 0 atom stereocenters. The molecule has 2 nitrogen and oxygen atoms in total. The van der Waals surface area contributed by atoms with E-state index in [0.717, 1.165) is 35.4 Å². The molecule has 0 amide bonds. The first-order chi connectivity index (χ1) is 10.3. The average Bonchev–Trinajstić information content (AvgIpc) is 2.56. The van der Waals surface area contributed by atoms with Gasteiger partial charge in [0.05, 0.1) is 5.71 Å². The number of para-hydroxylation sites is 1. The summed E-state index contributed by atoms with van der Waals surface area (Å²) in [6, 6.07) is 17.8. The summed E-state index contributed by atoms with van der Waals surface area (Å²) in [6.07, 6.45) is 8.65. The first kappa shape index (κ1) is 13.4. The standard InChI is InChI=1S/C19H18N2/c20-19(15-9-3-1-4-10-15)17-13-7-8-14-18(17)21-16-11-5-2-6-12-16/h1,3-5,7-14,20-21H,2,6H2. The molecule has 0 radical (unpaired) electrons. The lowest BCUT2D eigenvalue weighted by Gasteiger charge is -2.15. The third kappa shape index (κ3) is 3.11. The van der Waals surface area contributed by atoms with E-state index in [-0.39, 0.29) is 0 Å². The lowest BCUT2D eigenvalue weighted by Crippen LogP contribution is -2.07. The molecule has 0 aromatic heterocycles. The highest BCUT2D eigenvalue weighted by Gasteiger charge is 2.10. The molecule has 2 N–H and O–H groups in total. The summed E-state index contributed by atoms with van der Waals surface area (Å²) >= 11 is 0. The van der Waals surface area contributed by atoms with Crippen LogP contribution in [0, 0.1) is 5.41 Å². The van der Waals surface area contributed by atoms with E-state index in [9.17, 15) is 0 Å². The fourth-order valence-corrected chi connectivity index (χ4v) is 2.43. The van der Waals surface area contributed by atoms with Gasteiger partial charge in [0.15, 0.2) is 0 Å². The van der Waals surface area contributed by atoms with E-state index in [1.165, 1.54) is 0 Å². The van der Waals surface area contributed by atoms with Crippen molar-refractivity contribution in [2.75, 3.05) is 5.32 Å². The summed E-state index contributed by atoms with van der Waals surface area (Å²) in [5.41, 5.74) is 4.47. The van der Waals surface area contributed by atoms with Crippen molar-refractivity contribution in [3.63, 3.8) is 0 Å². The van der Waals surface area contributed by atoms with Gasteiger partial charge in [-0.3, -0.25) is 5.41 Å². The van der Waals surface area contributed by atoms with Crippen LogP contribution in [0.5, 0.6) is 0 Å². The van der Waals surface area contributed by atoms with E-state index in [4.69, 9.17) is 5.41 Å². The summed E-state index contributed by atoms with van der Waals surface area (Å²) in [7, 11) is 0. The van der Waals surface area contributed by atoms with Crippen molar-refractivity contribution in [1.82, 2.24) is 0 Å². The molecule has 0 spiro atoms. The number of nitrogens with one attached hydrogen (secondary N) is 2. The highest BCUT2D eigenvalue weighted by molar-refractivity contribution is 6.14. The molecular weight excluding hydrogens is 256 g/mol. The molecule has 0 saturated heterocycles. The summed E-state index contributed by atoms with van der Waals surface area (Å²) in [4.78, 5) is 0. The highest BCUT2D eigenvalue weighted by Crippen LogP contribution is 2.22.